The van der Waals surface area contributed by atoms with Crippen LogP contribution >= 0.6 is 0 Å². The zero-order valence-corrected chi connectivity index (χ0v) is 12.9. The van der Waals surface area contributed by atoms with E-state index in [0.29, 0.717) is 18.3 Å². The summed E-state index contributed by atoms with van der Waals surface area (Å²) in [6.45, 7) is 4.51. The van der Waals surface area contributed by atoms with Gasteiger partial charge >= 0.3 is 0 Å². The minimum atomic E-state index is -0.165. The Morgan fingerprint density at radius 1 is 1.38 bits per heavy atom. The minimum Gasteiger partial charge on any atom is -0.352 e. The maximum absolute atomic E-state index is 11.7. The fraction of sp³-hybridized carbons (Fsp3) is 0.667. The van der Waals surface area contributed by atoms with Gasteiger partial charge in [-0.05, 0) is 58.3 Å². The third kappa shape index (κ3) is 4.14. The topological polar surface area (TPSA) is 70.2 Å². The molecule has 1 amide bonds. The van der Waals surface area contributed by atoms with Gasteiger partial charge in [-0.1, -0.05) is 0 Å². The van der Waals surface area contributed by atoms with Crippen molar-refractivity contribution < 1.29 is 4.79 Å². The Morgan fingerprint density at radius 3 is 2.90 bits per heavy atom. The molecule has 1 aliphatic rings. The molecule has 2 rings (SSSR count). The van der Waals surface area contributed by atoms with Crippen LogP contribution in [-0.4, -0.2) is 48.8 Å². The Balaban J connectivity index is 2.06. The Bertz CT molecular complexity index is 448. The summed E-state index contributed by atoms with van der Waals surface area (Å²) in [5.74, 6) is 0.714. The second-order valence-corrected chi connectivity index (χ2v) is 5.37. The smallest absolute Gasteiger partial charge is 0.271 e. The predicted molar refractivity (Wildman–Crippen MR) is 83.6 cm³/mol. The van der Waals surface area contributed by atoms with Crippen molar-refractivity contribution in [1.29, 1.82) is 0 Å². The van der Waals surface area contributed by atoms with E-state index in [-0.39, 0.29) is 5.91 Å². The van der Waals surface area contributed by atoms with Gasteiger partial charge in [0.2, 0.25) is 0 Å². The fourth-order valence-electron chi connectivity index (χ4n) is 2.76. The SMILES string of the molecule is CCNC(=O)c1ccc(N2CCCCC2CCNC)nn1. The van der Waals surface area contributed by atoms with Crippen LogP contribution < -0.4 is 15.5 Å². The number of amides is 1. The van der Waals surface area contributed by atoms with E-state index in [0.717, 1.165) is 25.3 Å². The summed E-state index contributed by atoms with van der Waals surface area (Å²) in [5.41, 5.74) is 0.379. The van der Waals surface area contributed by atoms with Crippen LogP contribution in [0.4, 0.5) is 5.82 Å². The highest BCUT2D eigenvalue weighted by molar-refractivity contribution is 5.92. The highest BCUT2D eigenvalue weighted by Gasteiger charge is 2.23. The molecule has 1 aromatic heterocycles. The second kappa shape index (κ2) is 7.93. The van der Waals surface area contributed by atoms with Crippen molar-refractivity contribution in [3.63, 3.8) is 0 Å². The molecule has 6 heteroatoms. The Hall–Kier alpha value is -1.69. The van der Waals surface area contributed by atoms with Gasteiger partial charge in [0.25, 0.3) is 5.91 Å². The van der Waals surface area contributed by atoms with Gasteiger partial charge in [0, 0.05) is 19.1 Å². The van der Waals surface area contributed by atoms with Gasteiger partial charge in [0.15, 0.2) is 11.5 Å². The maximum atomic E-state index is 11.7. The molecule has 6 nitrogen and oxygen atoms in total. The number of carbonyl (C=O) groups is 1. The van der Waals surface area contributed by atoms with Gasteiger partial charge in [-0.2, -0.15) is 0 Å². The number of piperidine rings is 1. The lowest BCUT2D eigenvalue weighted by atomic mass is 9.99. The number of carbonyl (C=O) groups excluding carboxylic acids is 1. The molecule has 1 aliphatic heterocycles. The first-order chi connectivity index (χ1) is 10.3. The Morgan fingerprint density at radius 2 is 2.24 bits per heavy atom. The highest BCUT2D eigenvalue weighted by Crippen LogP contribution is 2.24. The molecule has 1 unspecified atom stereocenters. The van der Waals surface area contributed by atoms with Gasteiger partial charge in [0.05, 0.1) is 0 Å². The zero-order chi connectivity index (χ0) is 15.1. The normalized spacial score (nSPS) is 18.6. The largest absolute Gasteiger partial charge is 0.352 e. The molecular weight excluding hydrogens is 266 g/mol. The molecule has 0 aliphatic carbocycles. The summed E-state index contributed by atoms with van der Waals surface area (Å²) in [7, 11) is 1.98. The quantitative estimate of drug-likeness (QED) is 0.824. The van der Waals surface area contributed by atoms with Gasteiger partial charge in [0.1, 0.15) is 0 Å². The number of nitrogens with one attached hydrogen (secondary N) is 2. The first kappa shape index (κ1) is 15.7. The molecule has 0 saturated carbocycles. The predicted octanol–water partition coefficient (Wildman–Crippen LogP) is 1.19. The van der Waals surface area contributed by atoms with Crippen molar-refractivity contribution >= 4 is 11.7 Å². The van der Waals surface area contributed by atoms with Crippen LogP contribution in [0, 0.1) is 0 Å². The summed E-state index contributed by atoms with van der Waals surface area (Å²) in [6, 6.07) is 4.18. The van der Waals surface area contributed by atoms with Crippen molar-refractivity contribution in [2.45, 2.75) is 38.6 Å². The van der Waals surface area contributed by atoms with E-state index in [1.165, 1.54) is 19.3 Å². The van der Waals surface area contributed by atoms with E-state index in [2.05, 4.69) is 25.7 Å². The van der Waals surface area contributed by atoms with Crippen molar-refractivity contribution in [2.75, 3.05) is 31.6 Å². The summed E-state index contributed by atoms with van der Waals surface area (Å²) in [5, 5.41) is 14.3. The van der Waals surface area contributed by atoms with Crippen molar-refractivity contribution in [2.24, 2.45) is 0 Å². The van der Waals surface area contributed by atoms with E-state index in [4.69, 9.17) is 0 Å². The van der Waals surface area contributed by atoms with Crippen LogP contribution in [-0.2, 0) is 0 Å². The number of hydrogen-bond acceptors (Lipinski definition) is 5. The number of anilines is 1. The van der Waals surface area contributed by atoms with Gasteiger partial charge in [-0.15, -0.1) is 10.2 Å². The van der Waals surface area contributed by atoms with Crippen LogP contribution in [0.2, 0.25) is 0 Å². The van der Waals surface area contributed by atoms with E-state index >= 15 is 0 Å². The lowest BCUT2D eigenvalue weighted by molar-refractivity contribution is 0.0950. The summed E-state index contributed by atoms with van der Waals surface area (Å²) >= 11 is 0. The van der Waals surface area contributed by atoms with Gasteiger partial charge in [-0.3, -0.25) is 4.79 Å². The molecule has 0 aromatic carbocycles. The Kier molecular flexibility index (Phi) is 5.92. The molecular formula is C15H25N5O. The first-order valence-electron chi connectivity index (χ1n) is 7.79. The lowest BCUT2D eigenvalue weighted by Gasteiger charge is -2.36. The van der Waals surface area contributed by atoms with Crippen LogP contribution in [0.15, 0.2) is 12.1 Å². The molecule has 116 valence electrons. The van der Waals surface area contributed by atoms with E-state index in [1.807, 2.05) is 20.0 Å². The van der Waals surface area contributed by atoms with Crippen LogP contribution in [0.5, 0.6) is 0 Å². The van der Waals surface area contributed by atoms with Crippen molar-refractivity contribution in [1.82, 2.24) is 20.8 Å². The Labute approximate surface area is 126 Å². The average Bonchev–Trinajstić information content (AvgIpc) is 2.53. The second-order valence-electron chi connectivity index (χ2n) is 5.37. The van der Waals surface area contributed by atoms with Crippen molar-refractivity contribution in [3.8, 4) is 0 Å². The molecule has 0 radical (unpaired) electrons. The monoisotopic (exact) mass is 291 g/mol. The van der Waals surface area contributed by atoms with E-state index in [9.17, 15) is 4.79 Å². The van der Waals surface area contributed by atoms with Gasteiger partial charge in [-0.25, -0.2) is 0 Å². The molecule has 0 spiro atoms. The van der Waals surface area contributed by atoms with E-state index in [1.54, 1.807) is 6.07 Å². The molecule has 2 heterocycles. The lowest BCUT2D eigenvalue weighted by Crippen LogP contribution is -2.41. The number of nitrogens with zero attached hydrogens (tertiary/aromatic N) is 3. The number of rotatable bonds is 6. The molecule has 0 bridgehead atoms. The zero-order valence-electron chi connectivity index (χ0n) is 12.9. The molecule has 1 saturated heterocycles. The highest BCUT2D eigenvalue weighted by atomic mass is 16.1. The standard InChI is InChI=1S/C15H25N5O/c1-3-17-15(21)13-7-8-14(19-18-13)20-11-5-4-6-12(20)9-10-16-2/h7-8,12,16H,3-6,9-11H2,1-2H3,(H,17,21). The third-order valence-corrected chi connectivity index (χ3v) is 3.87. The third-order valence-electron chi connectivity index (χ3n) is 3.87. The summed E-state index contributed by atoms with van der Waals surface area (Å²) in [6.07, 6.45) is 4.77. The molecule has 2 N–H and O–H groups in total. The van der Waals surface area contributed by atoms with Crippen molar-refractivity contribution in [3.05, 3.63) is 17.8 Å². The number of hydrogen-bond donors (Lipinski definition) is 2. The van der Waals surface area contributed by atoms with Gasteiger partial charge < -0.3 is 15.5 Å². The fourth-order valence-corrected chi connectivity index (χ4v) is 2.76. The van der Waals surface area contributed by atoms with Crippen LogP contribution in [0.1, 0.15) is 43.1 Å². The average molecular weight is 291 g/mol. The minimum absolute atomic E-state index is 0.165. The molecule has 21 heavy (non-hydrogen) atoms. The first-order valence-corrected chi connectivity index (χ1v) is 7.79. The van der Waals surface area contributed by atoms with E-state index < -0.39 is 0 Å². The maximum Gasteiger partial charge on any atom is 0.271 e. The summed E-state index contributed by atoms with van der Waals surface area (Å²) in [4.78, 5) is 14.0. The summed E-state index contributed by atoms with van der Waals surface area (Å²) < 4.78 is 0. The van der Waals surface area contributed by atoms with Crippen LogP contribution in [0.3, 0.4) is 0 Å². The van der Waals surface area contributed by atoms with Crippen LogP contribution in [0.25, 0.3) is 0 Å². The molecule has 1 aromatic rings. The molecule has 1 atom stereocenters. The number of aromatic nitrogens is 2. The molecule has 1 fully saturated rings.